The summed E-state index contributed by atoms with van der Waals surface area (Å²) in [6, 6.07) is 11.0. The van der Waals surface area contributed by atoms with Crippen LogP contribution < -0.4 is 5.32 Å². The zero-order chi connectivity index (χ0) is 8.10. The van der Waals surface area contributed by atoms with E-state index < -0.39 is 0 Å². The molecule has 0 saturated carbocycles. The van der Waals surface area contributed by atoms with Crippen LogP contribution in [0.4, 0.5) is 0 Å². The van der Waals surface area contributed by atoms with E-state index in [9.17, 15) is 0 Å². The summed E-state index contributed by atoms with van der Waals surface area (Å²) in [7, 11) is 0. The van der Waals surface area contributed by atoms with Crippen LogP contribution in [0.25, 0.3) is 0 Å². The molecule has 11 heavy (non-hydrogen) atoms. The smallest absolute Gasteiger partial charge is 0.0291 e. The summed E-state index contributed by atoms with van der Waals surface area (Å²) in [4.78, 5) is 0. The van der Waals surface area contributed by atoms with Crippen molar-refractivity contribution in [1.82, 2.24) is 5.32 Å². The molecular weight excluding hydrogens is 134 g/mol. The van der Waals surface area contributed by atoms with Crippen LogP contribution in [0.2, 0.25) is 0 Å². The average molecular weight is 151 g/mol. The highest BCUT2D eigenvalue weighted by Crippen LogP contribution is 2.09. The zero-order valence-corrected chi connectivity index (χ0v) is 7.17. The van der Waals surface area contributed by atoms with Crippen LogP contribution in [0.3, 0.4) is 0 Å². The molecule has 1 aromatic rings. The number of benzene rings is 1. The van der Waals surface area contributed by atoms with Crippen molar-refractivity contribution in [3.05, 3.63) is 35.9 Å². The molecule has 0 unspecified atom stereocenters. The molecule has 0 amide bonds. The Bertz CT molecular complexity index is 198. The van der Waals surface area contributed by atoms with Crippen LogP contribution in [-0.2, 0) is 0 Å². The second-order valence-corrected chi connectivity index (χ2v) is 2.69. The van der Waals surface area contributed by atoms with Gasteiger partial charge in [-0.15, -0.1) is 0 Å². The van der Waals surface area contributed by atoms with Gasteiger partial charge in [-0.2, -0.15) is 0 Å². The lowest BCUT2D eigenvalue weighted by Crippen LogP contribution is -2.17. The second-order valence-electron chi connectivity index (χ2n) is 2.69. The van der Waals surface area contributed by atoms with E-state index in [1.54, 1.807) is 0 Å². The van der Waals surface area contributed by atoms with Gasteiger partial charge in [0.25, 0.3) is 0 Å². The molecular formula is C10H17N. The third-order valence-corrected chi connectivity index (χ3v) is 1.81. The fourth-order valence-corrected chi connectivity index (χ4v) is 1.17. The predicted octanol–water partition coefficient (Wildman–Crippen LogP) is 2.60. The highest BCUT2D eigenvalue weighted by Gasteiger charge is 1.99. The summed E-state index contributed by atoms with van der Waals surface area (Å²) >= 11 is 0. The summed E-state index contributed by atoms with van der Waals surface area (Å²) in [6.45, 7) is 5.33. The topological polar surface area (TPSA) is 12.0 Å². The number of nitrogens with one attached hydrogen (secondary N) is 1. The van der Waals surface area contributed by atoms with E-state index in [1.807, 2.05) is 6.07 Å². The van der Waals surface area contributed by atoms with Gasteiger partial charge in [0.1, 0.15) is 0 Å². The lowest BCUT2D eigenvalue weighted by atomic mass is 10.1. The average Bonchev–Trinajstić information content (AvgIpc) is 2.07. The van der Waals surface area contributed by atoms with Gasteiger partial charge in [0.05, 0.1) is 0 Å². The van der Waals surface area contributed by atoms with Crippen molar-refractivity contribution in [3.8, 4) is 0 Å². The molecule has 0 bridgehead atoms. The molecule has 0 saturated heterocycles. The maximum Gasteiger partial charge on any atom is 0.0291 e. The molecule has 0 radical (unpaired) electrons. The Balaban J connectivity index is 0.00000121. The maximum absolute atomic E-state index is 3.36. The largest absolute Gasteiger partial charge is 0.310 e. The Hall–Kier alpha value is -0.820. The second kappa shape index (κ2) is 4.14. The number of rotatable bonds is 3. The van der Waals surface area contributed by atoms with Gasteiger partial charge >= 0.3 is 0 Å². The monoisotopic (exact) mass is 151 g/mol. The van der Waals surface area contributed by atoms with Crippen molar-refractivity contribution >= 4 is 0 Å². The molecule has 0 fully saturated rings. The summed E-state index contributed by atoms with van der Waals surface area (Å²) in [5.41, 5.74) is 1.36. The van der Waals surface area contributed by atoms with Crippen molar-refractivity contribution in [3.63, 3.8) is 0 Å². The van der Waals surface area contributed by atoms with Crippen LogP contribution >= 0.6 is 0 Å². The van der Waals surface area contributed by atoms with E-state index >= 15 is 0 Å². The molecule has 1 heteroatoms. The van der Waals surface area contributed by atoms with Crippen molar-refractivity contribution in [2.45, 2.75) is 19.9 Å². The van der Waals surface area contributed by atoms with Crippen molar-refractivity contribution in [2.24, 2.45) is 0 Å². The van der Waals surface area contributed by atoms with Gasteiger partial charge in [0, 0.05) is 7.47 Å². The summed E-state index contributed by atoms with van der Waals surface area (Å²) in [5.74, 6) is 0. The molecule has 1 aromatic carbocycles. The minimum atomic E-state index is 0. The van der Waals surface area contributed by atoms with Gasteiger partial charge in [0.2, 0.25) is 0 Å². The fourth-order valence-electron chi connectivity index (χ4n) is 1.17. The third-order valence-electron chi connectivity index (χ3n) is 1.81. The van der Waals surface area contributed by atoms with Gasteiger partial charge in [-0.3, -0.25) is 0 Å². The zero-order valence-electron chi connectivity index (χ0n) is 7.17. The summed E-state index contributed by atoms with van der Waals surface area (Å²) < 4.78 is 0. The molecule has 0 heterocycles. The van der Waals surface area contributed by atoms with Crippen LogP contribution in [0.15, 0.2) is 30.3 Å². The Morgan fingerprint density at radius 1 is 1.36 bits per heavy atom. The Morgan fingerprint density at radius 3 is 2.55 bits per heavy atom. The Labute approximate surface area is 69.9 Å². The van der Waals surface area contributed by atoms with Crippen LogP contribution in [-0.4, -0.2) is 6.54 Å². The van der Waals surface area contributed by atoms with E-state index in [4.69, 9.17) is 0 Å². The first-order chi connectivity index (χ1) is 5.34. The predicted molar refractivity (Wildman–Crippen MR) is 50.6 cm³/mol. The minimum absolute atomic E-state index is 0. The van der Waals surface area contributed by atoms with Crippen molar-refractivity contribution in [2.75, 3.05) is 6.54 Å². The maximum atomic E-state index is 3.36. The molecule has 1 atom stereocenters. The van der Waals surface area contributed by atoms with E-state index in [1.165, 1.54) is 5.56 Å². The number of hydrogen-bond donors (Lipinski definition) is 1. The molecule has 62 valence electrons. The van der Waals surface area contributed by atoms with Gasteiger partial charge in [0.15, 0.2) is 0 Å². The summed E-state index contributed by atoms with van der Waals surface area (Å²) in [5, 5.41) is 3.36. The summed E-state index contributed by atoms with van der Waals surface area (Å²) in [6.07, 6.45) is 0. The van der Waals surface area contributed by atoms with Gasteiger partial charge in [-0.25, -0.2) is 0 Å². The molecule has 1 N–H and O–H groups in total. The Kier molecular flexibility index (Phi) is 3.12. The van der Waals surface area contributed by atoms with E-state index in [-0.39, 0.29) is 1.43 Å². The lowest BCUT2D eigenvalue weighted by molar-refractivity contribution is 0.598. The molecule has 0 aromatic heterocycles. The third kappa shape index (κ3) is 2.35. The van der Waals surface area contributed by atoms with Crippen LogP contribution in [0.5, 0.6) is 0 Å². The van der Waals surface area contributed by atoms with Crippen LogP contribution in [0.1, 0.15) is 26.9 Å². The first kappa shape index (κ1) is 8.28. The molecule has 0 aliphatic heterocycles. The number of hydrogen-bond acceptors (Lipinski definition) is 1. The fraction of sp³-hybridized carbons (Fsp3) is 0.400. The first-order valence-corrected chi connectivity index (χ1v) is 4.13. The van der Waals surface area contributed by atoms with Crippen molar-refractivity contribution in [1.29, 1.82) is 0 Å². The normalized spacial score (nSPS) is 12.9. The highest BCUT2D eigenvalue weighted by molar-refractivity contribution is 5.17. The van der Waals surface area contributed by atoms with Crippen molar-refractivity contribution < 1.29 is 1.43 Å². The van der Waals surface area contributed by atoms with E-state index in [0.29, 0.717) is 6.04 Å². The quantitative estimate of drug-likeness (QED) is 0.700. The highest BCUT2D eigenvalue weighted by atomic mass is 14.9. The molecule has 0 spiro atoms. The Morgan fingerprint density at radius 2 is 2.00 bits per heavy atom. The van der Waals surface area contributed by atoms with E-state index in [0.717, 1.165) is 6.54 Å². The van der Waals surface area contributed by atoms with Gasteiger partial charge < -0.3 is 5.32 Å². The molecule has 0 aliphatic carbocycles. The van der Waals surface area contributed by atoms with Gasteiger partial charge in [-0.1, -0.05) is 37.3 Å². The standard InChI is InChI=1S/C10H15N.H2/c1-3-11-9(2)10-7-5-4-6-8-10;/h4-9,11H,3H2,1-2H3;1H/t9-;/m0./s1. The lowest BCUT2D eigenvalue weighted by Gasteiger charge is -2.11. The first-order valence-electron chi connectivity index (χ1n) is 4.13. The SMILES string of the molecule is CCN[C@@H](C)c1ccccc1.[HH]. The minimum Gasteiger partial charge on any atom is -0.310 e. The molecule has 1 rings (SSSR count). The molecule has 0 aliphatic rings. The van der Waals surface area contributed by atoms with E-state index in [2.05, 4.69) is 43.4 Å². The van der Waals surface area contributed by atoms with Gasteiger partial charge in [-0.05, 0) is 19.0 Å². The molecule has 1 nitrogen and oxygen atoms in total. The van der Waals surface area contributed by atoms with Crippen LogP contribution in [0, 0.1) is 0 Å².